The van der Waals surface area contributed by atoms with Crippen LogP contribution >= 0.6 is 0 Å². The molecule has 31 heavy (non-hydrogen) atoms. The molecule has 1 saturated heterocycles. The summed E-state index contributed by atoms with van der Waals surface area (Å²) < 4.78 is 18.9. The number of benzene rings is 2. The van der Waals surface area contributed by atoms with Gasteiger partial charge in [0, 0.05) is 20.0 Å². The number of ether oxygens (including phenoxy) is 1. The molecule has 0 aliphatic carbocycles. The number of nitrogens with one attached hydrogen (secondary N) is 1. The number of carbonyl (C=O) groups excluding carboxylic acids is 1. The Labute approximate surface area is 181 Å². The number of hydrogen-bond donors (Lipinski definition) is 2. The van der Waals surface area contributed by atoms with Crippen molar-refractivity contribution in [3.05, 3.63) is 59.9 Å². The molecule has 0 bridgehead atoms. The minimum atomic E-state index is -1.07. The number of halogens is 1. The van der Waals surface area contributed by atoms with Gasteiger partial charge in [0.2, 0.25) is 0 Å². The quantitative estimate of drug-likeness (QED) is 0.465. The molecule has 1 amide bonds. The van der Waals surface area contributed by atoms with E-state index < -0.39 is 6.09 Å². The maximum Gasteiger partial charge on any atom is 0.422 e. The molecule has 2 N–H and O–H groups in total. The Bertz CT molecular complexity index is 869. The molecule has 1 heterocycles. The van der Waals surface area contributed by atoms with Crippen molar-refractivity contribution < 1.29 is 23.8 Å². The molecule has 0 aromatic heterocycles. The predicted molar refractivity (Wildman–Crippen MR) is 114 cm³/mol. The highest BCUT2D eigenvalue weighted by atomic mass is 19.1. The molecular weight excluding hydrogens is 401 g/mol. The zero-order chi connectivity index (χ0) is 22.2. The summed E-state index contributed by atoms with van der Waals surface area (Å²) in [6.07, 6.45) is 1.53. The highest BCUT2D eigenvalue weighted by Gasteiger charge is 2.32. The van der Waals surface area contributed by atoms with Gasteiger partial charge in [0.1, 0.15) is 23.6 Å². The largest absolute Gasteiger partial charge is 0.464 e. The molecule has 7 nitrogen and oxygen atoms in total. The summed E-state index contributed by atoms with van der Waals surface area (Å²) in [6.45, 7) is 2.39. The van der Waals surface area contributed by atoms with Crippen molar-refractivity contribution >= 4 is 12.4 Å². The number of likely N-dealkylation sites (tertiary alicyclic amines) is 1. The summed E-state index contributed by atoms with van der Waals surface area (Å²) in [7, 11) is 1.56. The van der Waals surface area contributed by atoms with Crippen LogP contribution in [0.2, 0.25) is 0 Å². The minimum Gasteiger partial charge on any atom is -0.464 e. The number of amides is 1. The first kappa shape index (κ1) is 22.7. The van der Waals surface area contributed by atoms with Crippen molar-refractivity contribution in [3.8, 4) is 11.5 Å². The van der Waals surface area contributed by atoms with Crippen molar-refractivity contribution in [2.24, 2.45) is 5.92 Å². The summed E-state index contributed by atoms with van der Waals surface area (Å²) in [6, 6.07) is 13.3. The average molecular weight is 429 g/mol. The Kier molecular flexibility index (Phi) is 7.97. The molecule has 0 saturated carbocycles. The van der Waals surface area contributed by atoms with E-state index in [1.54, 1.807) is 19.2 Å². The van der Waals surface area contributed by atoms with Crippen LogP contribution in [0.15, 0.2) is 48.5 Å². The molecule has 1 aliphatic heterocycles. The van der Waals surface area contributed by atoms with Gasteiger partial charge in [-0.25, -0.2) is 19.6 Å². The average Bonchev–Trinajstić information content (AvgIpc) is 2.76. The number of rotatable bonds is 9. The number of hydrazine groups is 1. The summed E-state index contributed by atoms with van der Waals surface area (Å²) in [5, 5.41) is 10.5. The number of carboxylic acid groups (broad SMARTS) is 1. The zero-order valence-electron chi connectivity index (χ0n) is 17.5. The van der Waals surface area contributed by atoms with Crippen molar-refractivity contribution in [3.63, 3.8) is 0 Å². The van der Waals surface area contributed by atoms with Gasteiger partial charge < -0.3 is 14.6 Å². The van der Waals surface area contributed by atoms with Gasteiger partial charge in [0.25, 0.3) is 0 Å². The van der Waals surface area contributed by atoms with Crippen LogP contribution in [0, 0.1) is 11.7 Å². The van der Waals surface area contributed by atoms with E-state index in [-0.39, 0.29) is 24.2 Å². The van der Waals surface area contributed by atoms with E-state index in [9.17, 15) is 19.1 Å². The first-order valence-electron chi connectivity index (χ1n) is 10.4. The van der Waals surface area contributed by atoms with E-state index in [2.05, 4.69) is 10.3 Å². The van der Waals surface area contributed by atoms with Crippen LogP contribution in [-0.2, 0) is 11.3 Å². The number of aldehydes is 1. The molecule has 0 spiro atoms. The third kappa shape index (κ3) is 6.26. The Morgan fingerprint density at radius 1 is 1.26 bits per heavy atom. The lowest BCUT2D eigenvalue weighted by atomic mass is 9.87. The fraction of sp³-hybridized carbons (Fsp3) is 0.391. The second kappa shape index (κ2) is 10.9. The predicted octanol–water partition coefficient (Wildman–Crippen LogP) is 3.90. The number of piperidine rings is 1. The highest BCUT2D eigenvalue weighted by molar-refractivity contribution is 5.65. The SMILES string of the molecule is CNN(C(=O)O)C(CC=O)C1CCN(Cc2cccc(Oc3ccc(F)cc3)c2)CC1. The fourth-order valence-corrected chi connectivity index (χ4v) is 4.11. The maximum absolute atomic E-state index is 13.1. The summed E-state index contributed by atoms with van der Waals surface area (Å²) in [5.74, 6) is 1.09. The topological polar surface area (TPSA) is 82.1 Å². The molecule has 1 unspecified atom stereocenters. The van der Waals surface area contributed by atoms with E-state index in [1.807, 2.05) is 24.3 Å². The monoisotopic (exact) mass is 429 g/mol. The molecule has 2 aromatic carbocycles. The third-order valence-electron chi connectivity index (χ3n) is 5.65. The van der Waals surface area contributed by atoms with Gasteiger partial charge in [0.05, 0.1) is 6.04 Å². The van der Waals surface area contributed by atoms with Crippen molar-refractivity contribution in [2.75, 3.05) is 20.1 Å². The Balaban J connectivity index is 1.57. The number of carbonyl (C=O) groups is 2. The van der Waals surface area contributed by atoms with Gasteiger partial charge in [-0.3, -0.25) is 4.90 Å². The van der Waals surface area contributed by atoms with E-state index >= 15 is 0 Å². The minimum absolute atomic E-state index is 0.123. The van der Waals surface area contributed by atoms with E-state index in [4.69, 9.17) is 4.74 Å². The summed E-state index contributed by atoms with van der Waals surface area (Å²) in [5.41, 5.74) is 3.79. The van der Waals surface area contributed by atoms with E-state index in [0.717, 1.165) is 49.3 Å². The van der Waals surface area contributed by atoms with Crippen LogP contribution in [-0.4, -0.2) is 53.6 Å². The fourth-order valence-electron chi connectivity index (χ4n) is 4.11. The standard InChI is InChI=1S/C23H28FN3O4/c1-25-27(23(29)30)22(11-14-28)18-9-12-26(13-10-18)16-17-3-2-4-21(15-17)31-20-7-5-19(24)6-8-20/h2-8,14-15,18,22,25H,9-13,16H2,1H3,(H,29,30). The molecule has 1 aliphatic rings. The van der Waals surface area contributed by atoms with E-state index in [0.29, 0.717) is 11.5 Å². The first-order valence-corrected chi connectivity index (χ1v) is 10.4. The summed E-state index contributed by atoms with van der Waals surface area (Å²) in [4.78, 5) is 24.9. The van der Waals surface area contributed by atoms with Gasteiger partial charge in [-0.05, 0) is 73.8 Å². The van der Waals surface area contributed by atoms with Crippen LogP contribution in [0.5, 0.6) is 11.5 Å². The van der Waals surface area contributed by atoms with E-state index in [1.165, 1.54) is 12.1 Å². The van der Waals surface area contributed by atoms with Crippen molar-refractivity contribution in [1.29, 1.82) is 0 Å². The molecule has 8 heteroatoms. The van der Waals surface area contributed by atoms with Crippen molar-refractivity contribution in [2.45, 2.75) is 31.8 Å². The molecule has 2 aromatic rings. The van der Waals surface area contributed by atoms with Crippen LogP contribution in [0.25, 0.3) is 0 Å². The van der Waals surface area contributed by atoms with Crippen LogP contribution in [0.3, 0.4) is 0 Å². The smallest absolute Gasteiger partial charge is 0.422 e. The molecule has 1 fully saturated rings. The number of nitrogens with zero attached hydrogens (tertiary/aromatic N) is 2. The van der Waals surface area contributed by atoms with Crippen LogP contribution in [0.1, 0.15) is 24.8 Å². The molecular formula is C23H28FN3O4. The molecule has 1 atom stereocenters. The maximum atomic E-state index is 13.1. The summed E-state index contributed by atoms with van der Waals surface area (Å²) >= 11 is 0. The molecule has 3 rings (SSSR count). The van der Waals surface area contributed by atoms with Gasteiger partial charge in [-0.1, -0.05) is 12.1 Å². The van der Waals surface area contributed by atoms with Crippen LogP contribution < -0.4 is 10.2 Å². The Hall–Kier alpha value is -2.97. The van der Waals surface area contributed by atoms with Crippen molar-refractivity contribution in [1.82, 2.24) is 15.3 Å². The highest BCUT2D eigenvalue weighted by Crippen LogP contribution is 2.27. The van der Waals surface area contributed by atoms with Gasteiger partial charge in [0.15, 0.2) is 0 Å². The van der Waals surface area contributed by atoms with Crippen LogP contribution in [0.4, 0.5) is 9.18 Å². The number of hydrogen-bond acceptors (Lipinski definition) is 5. The van der Waals surface area contributed by atoms with Gasteiger partial charge >= 0.3 is 6.09 Å². The normalized spacial score (nSPS) is 15.9. The third-order valence-corrected chi connectivity index (χ3v) is 5.65. The molecule has 166 valence electrons. The Morgan fingerprint density at radius 3 is 2.58 bits per heavy atom. The lowest BCUT2D eigenvalue weighted by molar-refractivity contribution is -0.109. The zero-order valence-corrected chi connectivity index (χ0v) is 17.5. The second-order valence-electron chi connectivity index (χ2n) is 7.66. The molecule has 0 radical (unpaired) electrons. The van der Waals surface area contributed by atoms with Gasteiger partial charge in [-0.2, -0.15) is 0 Å². The van der Waals surface area contributed by atoms with Gasteiger partial charge in [-0.15, -0.1) is 0 Å². The lowest BCUT2D eigenvalue weighted by Gasteiger charge is -2.39. The second-order valence-corrected chi connectivity index (χ2v) is 7.66. The Morgan fingerprint density at radius 2 is 1.97 bits per heavy atom. The lowest BCUT2D eigenvalue weighted by Crippen LogP contribution is -2.52. The first-order chi connectivity index (χ1) is 15.0.